The van der Waals surface area contributed by atoms with E-state index in [-0.39, 0.29) is 18.9 Å². The van der Waals surface area contributed by atoms with Crippen LogP contribution in [0.25, 0.3) is 21.8 Å². The molecule has 1 aromatic heterocycles. The molecule has 0 N–H and O–H groups in total. The fraction of sp³-hybridized carbons (Fsp3) is 0. The van der Waals surface area contributed by atoms with E-state index in [1.807, 2.05) is 35.5 Å². The predicted octanol–water partition coefficient (Wildman–Crippen LogP) is 0.647. The molecule has 0 saturated carbocycles. The van der Waals surface area contributed by atoms with Crippen LogP contribution in [0, 0.1) is 6.54 Å². The molecule has 0 aliphatic carbocycles. The van der Waals surface area contributed by atoms with E-state index < -0.39 is 0 Å². The van der Waals surface area contributed by atoms with E-state index in [0.717, 1.165) is 16.6 Å². The number of nitrogens with zero attached hydrogens (tertiary/aromatic N) is 3. The average molecular weight is 265 g/mol. The first-order chi connectivity index (χ1) is 9.90. The zero-order chi connectivity index (χ0) is 13.4. The molecule has 3 aromatic carbocycles. The van der Waals surface area contributed by atoms with E-state index in [9.17, 15) is 0 Å². The summed E-state index contributed by atoms with van der Waals surface area (Å²) in [6, 6.07) is 22.7. The van der Waals surface area contributed by atoms with Crippen molar-refractivity contribution >= 4 is 21.8 Å². The van der Waals surface area contributed by atoms with E-state index in [1.54, 1.807) is 0 Å². The number of aromatic nitrogens is 3. The van der Waals surface area contributed by atoms with Crippen LogP contribution in [-0.4, -0.2) is 15.0 Å². The number of benzene rings is 3. The number of hydrogen-bond donors (Lipinski definition) is 0. The van der Waals surface area contributed by atoms with Gasteiger partial charge in [-0.15, -0.1) is 22.8 Å². The number of rotatable bonds is 2. The van der Waals surface area contributed by atoms with Gasteiger partial charge in [0.15, 0.2) is 0 Å². The first-order valence-corrected chi connectivity index (χ1v) is 6.54. The topological polar surface area (TPSA) is 30.7 Å². The van der Waals surface area contributed by atoms with E-state index in [4.69, 9.17) is 0 Å². The third-order valence-corrected chi connectivity index (χ3v) is 3.42. The summed E-state index contributed by atoms with van der Waals surface area (Å²) in [6.45, 7) is 2.00. The van der Waals surface area contributed by atoms with Gasteiger partial charge in [-0.2, -0.15) is 0 Å². The second-order valence-corrected chi connectivity index (χ2v) is 4.76. The Bertz CT molecular complexity index is 898. The zero-order valence-corrected chi connectivity index (χ0v) is 11.8. The van der Waals surface area contributed by atoms with Crippen LogP contribution in [-0.2, 0) is 0 Å². The van der Waals surface area contributed by atoms with Crippen molar-refractivity contribution in [3.8, 4) is 0 Å². The standard InChI is InChI=1S/C17H12N3.Li/c1-2-6-15-11-13(9-10-14(15)5-1)12-20-17-8-4-3-7-16(17)18-19-20;/h1-12H;/q-1;+1. The molecule has 0 fully saturated rings. The molecule has 4 rings (SSSR count). The Morgan fingerprint density at radius 2 is 1.57 bits per heavy atom. The van der Waals surface area contributed by atoms with Gasteiger partial charge in [0, 0.05) is 5.52 Å². The normalized spacial score (nSPS) is 10.5. The first kappa shape index (κ1) is 13.8. The van der Waals surface area contributed by atoms with E-state index in [0.29, 0.717) is 0 Å². The summed E-state index contributed by atoms with van der Waals surface area (Å²) in [5, 5.41) is 10.8. The fourth-order valence-electron chi connectivity index (χ4n) is 2.41. The van der Waals surface area contributed by atoms with Crippen LogP contribution in [0.5, 0.6) is 0 Å². The molecule has 96 valence electrons. The molecule has 0 unspecified atom stereocenters. The monoisotopic (exact) mass is 265 g/mol. The molecule has 4 heteroatoms. The fourth-order valence-corrected chi connectivity index (χ4v) is 2.41. The molecule has 0 amide bonds. The Balaban J connectivity index is 0.00000132. The van der Waals surface area contributed by atoms with Gasteiger partial charge < -0.3 is 0 Å². The van der Waals surface area contributed by atoms with Crippen molar-refractivity contribution in [1.82, 2.24) is 15.0 Å². The Morgan fingerprint density at radius 3 is 2.48 bits per heavy atom. The predicted molar refractivity (Wildman–Crippen MR) is 80.3 cm³/mol. The van der Waals surface area contributed by atoms with E-state index >= 15 is 0 Å². The van der Waals surface area contributed by atoms with Gasteiger partial charge in [0.2, 0.25) is 0 Å². The molecule has 21 heavy (non-hydrogen) atoms. The molecule has 0 spiro atoms. The van der Waals surface area contributed by atoms with Crippen LogP contribution in [0.1, 0.15) is 5.56 Å². The minimum atomic E-state index is 0. The van der Waals surface area contributed by atoms with Gasteiger partial charge >= 0.3 is 18.9 Å². The van der Waals surface area contributed by atoms with Crippen molar-refractivity contribution in [2.75, 3.05) is 0 Å². The first-order valence-electron chi connectivity index (χ1n) is 6.54. The molecule has 0 atom stereocenters. The van der Waals surface area contributed by atoms with E-state index in [2.05, 4.69) is 52.8 Å². The van der Waals surface area contributed by atoms with Crippen LogP contribution in [0.4, 0.5) is 0 Å². The van der Waals surface area contributed by atoms with Crippen molar-refractivity contribution in [3.05, 3.63) is 78.8 Å². The van der Waals surface area contributed by atoms with Crippen molar-refractivity contribution < 1.29 is 18.9 Å². The second-order valence-electron chi connectivity index (χ2n) is 4.76. The molecule has 0 aliphatic rings. The summed E-state index contributed by atoms with van der Waals surface area (Å²) in [7, 11) is 0. The number of hydrogen-bond acceptors (Lipinski definition) is 2. The quantitative estimate of drug-likeness (QED) is 0.393. The summed E-state index contributed by atoms with van der Waals surface area (Å²) < 4.78 is 1.82. The Morgan fingerprint density at radius 1 is 0.810 bits per heavy atom. The summed E-state index contributed by atoms with van der Waals surface area (Å²) >= 11 is 0. The Hall–Kier alpha value is -2.21. The van der Waals surface area contributed by atoms with Gasteiger partial charge in [0.25, 0.3) is 0 Å². The van der Waals surface area contributed by atoms with E-state index in [1.165, 1.54) is 10.8 Å². The van der Waals surface area contributed by atoms with Gasteiger partial charge in [-0.25, -0.2) is 0 Å². The Labute approximate surface area is 134 Å². The minimum absolute atomic E-state index is 0. The van der Waals surface area contributed by atoms with Crippen LogP contribution in [0.15, 0.2) is 66.7 Å². The molecular formula is C17H12LiN3. The molecule has 1 heterocycles. The van der Waals surface area contributed by atoms with Crippen LogP contribution < -0.4 is 18.9 Å². The van der Waals surface area contributed by atoms with Gasteiger partial charge in [-0.3, -0.25) is 4.68 Å². The summed E-state index contributed by atoms with van der Waals surface area (Å²) in [4.78, 5) is 0. The second kappa shape index (κ2) is 5.65. The number of para-hydroxylation sites is 1. The molecule has 0 saturated heterocycles. The maximum atomic E-state index is 4.18. The molecule has 3 nitrogen and oxygen atoms in total. The molecule has 4 aromatic rings. The SMILES string of the molecule is [Li+].c1ccc2cc([CH-]n3nnc4ccccc43)ccc2c1. The summed E-state index contributed by atoms with van der Waals surface area (Å²) in [5.74, 6) is 0. The molecule has 0 radical (unpaired) electrons. The van der Waals surface area contributed by atoms with Gasteiger partial charge in [-0.1, -0.05) is 65.7 Å². The van der Waals surface area contributed by atoms with Crippen LogP contribution in [0.3, 0.4) is 0 Å². The summed E-state index contributed by atoms with van der Waals surface area (Å²) in [6.07, 6.45) is 0. The smallest absolute Gasteiger partial charge is 0.298 e. The average Bonchev–Trinajstić information content (AvgIpc) is 2.91. The van der Waals surface area contributed by atoms with Gasteiger partial charge in [-0.05, 0) is 11.5 Å². The third kappa shape index (κ3) is 2.54. The Kier molecular flexibility index (Phi) is 3.70. The zero-order valence-electron chi connectivity index (χ0n) is 11.8. The largest absolute Gasteiger partial charge is 1.00 e. The van der Waals surface area contributed by atoms with Crippen LogP contribution in [0.2, 0.25) is 0 Å². The van der Waals surface area contributed by atoms with Gasteiger partial charge in [0.05, 0.1) is 5.52 Å². The maximum absolute atomic E-state index is 4.18. The van der Waals surface area contributed by atoms with Crippen molar-refractivity contribution in [2.24, 2.45) is 0 Å². The number of fused-ring (bicyclic) bond motifs is 2. The van der Waals surface area contributed by atoms with Crippen molar-refractivity contribution in [1.29, 1.82) is 0 Å². The van der Waals surface area contributed by atoms with Crippen molar-refractivity contribution in [2.45, 2.75) is 0 Å². The van der Waals surface area contributed by atoms with Crippen molar-refractivity contribution in [3.63, 3.8) is 0 Å². The van der Waals surface area contributed by atoms with Crippen LogP contribution >= 0.6 is 0 Å². The molecule has 0 bridgehead atoms. The third-order valence-electron chi connectivity index (χ3n) is 3.42. The molecular weight excluding hydrogens is 253 g/mol. The molecule has 0 aliphatic heterocycles. The summed E-state index contributed by atoms with van der Waals surface area (Å²) in [5.41, 5.74) is 3.03. The van der Waals surface area contributed by atoms with Gasteiger partial charge in [0.1, 0.15) is 0 Å². The minimum Gasteiger partial charge on any atom is -0.298 e. The maximum Gasteiger partial charge on any atom is 1.00 e.